The Morgan fingerprint density at radius 1 is 1.25 bits per heavy atom. The minimum absolute atomic E-state index is 0.0446. The second kappa shape index (κ2) is 7.14. The fourth-order valence-electron chi connectivity index (χ4n) is 3.85. The van der Waals surface area contributed by atoms with Gasteiger partial charge in [-0.1, -0.05) is 28.5 Å². The molecule has 2 N–H and O–H groups in total. The number of rotatable bonds is 5. The van der Waals surface area contributed by atoms with Gasteiger partial charge < -0.3 is 5.32 Å². The molecule has 28 heavy (non-hydrogen) atoms. The molecule has 3 aromatic rings. The highest BCUT2D eigenvalue weighted by Crippen LogP contribution is 2.33. The molecule has 1 aliphatic rings. The first-order chi connectivity index (χ1) is 13.3. The number of anilines is 1. The highest BCUT2D eigenvalue weighted by molar-refractivity contribution is 7.97. The summed E-state index contributed by atoms with van der Waals surface area (Å²) in [4.78, 5) is 4.74. The van der Waals surface area contributed by atoms with E-state index < -0.39 is 10.2 Å². The average molecular weight is 398 g/mol. The molecule has 7 heteroatoms. The number of hydrogen-bond acceptors (Lipinski definition) is 4. The fraction of sp³-hybridized carbons (Fsp3) is 0.333. The Balaban J connectivity index is 1.50. The van der Waals surface area contributed by atoms with E-state index in [2.05, 4.69) is 39.7 Å². The van der Waals surface area contributed by atoms with Gasteiger partial charge in [0.15, 0.2) is 5.75 Å². The van der Waals surface area contributed by atoms with Gasteiger partial charge in [-0.3, -0.25) is 4.68 Å². The third-order valence-corrected chi connectivity index (χ3v) is 7.22. The van der Waals surface area contributed by atoms with Crippen molar-refractivity contribution in [2.45, 2.75) is 43.4 Å². The number of nitrogens with zero attached hydrogens (tertiary/aromatic N) is 3. The van der Waals surface area contributed by atoms with Crippen molar-refractivity contribution in [3.05, 3.63) is 70.7 Å². The number of aryl methyl sites for hydroxylation is 3. The Kier molecular flexibility index (Phi) is 4.81. The van der Waals surface area contributed by atoms with Crippen molar-refractivity contribution < 1.29 is 8.76 Å². The van der Waals surface area contributed by atoms with Crippen LogP contribution in [0.5, 0.6) is 0 Å². The highest BCUT2D eigenvalue weighted by atomic mass is 32.3. The van der Waals surface area contributed by atoms with Gasteiger partial charge >= 0.3 is 0 Å². The Bertz CT molecular complexity index is 1060. The molecule has 0 fully saturated rings. The van der Waals surface area contributed by atoms with Crippen LogP contribution in [0.2, 0.25) is 0 Å². The van der Waals surface area contributed by atoms with Gasteiger partial charge in [0.05, 0.1) is 17.9 Å². The van der Waals surface area contributed by atoms with Crippen LogP contribution in [0.4, 0.5) is 5.82 Å². The first kappa shape index (κ1) is 18.8. The van der Waals surface area contributed by atoms with E-state index in [0.29, 0.717) is 4.90 Å². The van der Waals surface area contributed by atoms with Gasteiger partial charge in [-0.2, -0.15) is 9.65 Å². The molecule has 1 aliphatic carbocycles. The Labute approximate surface area is 166 Å². The molecule has 4 rings (SSSR count). The summed E-state index contributed by atoms with van der Waals surface area (Å²) in [5.41, 5.74) is 5.19. The molecule has 0 saturated heterocycles. The molecule has 146 valence electrons. The summed E-state index contributed by atoms with van der Waals surface area (Å²) < 4.78 is 25.3. The number of benzene rings is 1. The van der Waals surface area contributed by atoms with E-state index in [0.717, 1.165) is 35.6 Å². The van der Waals surface area contributed by atoms with E-state index >= 15 is 0 Å². The van der Waals surface area contributed by atoms with Crippen molar-refractivity contribution in [1.82, 2.24) is 14.8 Å². The second-order valence-corrected chi connectivity index (χ2v) is 9.41. The summed E-state index contributed by atoms with van der Waals surface area (Å²) in [5.74, 6) is 0.762. The van der Waals surface area contributed by atoms with Gasteiger partial charge in [0.1, 0.15) is 5.82 Å². The Morgan fingerprint density at radius 2 is 2.04 bits per heavy atom. The summed E-state index contributed by atoms with van der Waals surface area (Å²) in [7, 11) is -1.39. The molecule has 2 unspecified atom stereocenters. The van der Waals surface area contributed by atoms with Crippen molar-refractivity contribution >= 4 is 16.0 Å². The number of hydrogen-bond donors (Lipinski definition) is 2. The van der Waals surface area contributed by atoms with Gasteiger partial charge in [-0.15, -0.1) is 0 Å². The minimum Gasteiger partial charge on any atom is -0.363 e. The quantitative estimate of drug-likeness (QED) is 0.635. The summed E-state index contributed by atoms with van der Waals surface area (Å²) in [6.07, 6.45) is 3.59. The van der Waals surface area contributed by atoms with Crippen LogP contribution in [-0.2, 0) is 33.6 Å². The molecule has 0 radical (unpaired) electrons. The van der Waals surface area contributed by atoms with Crippen molar-refractivity contribution in [2.24, 2.45) is 7.05 Å². The van der Waals surface area contributed by atoms with Crippen LogP contribution in [0.1, 0.15) is 40.5 Å². The van der Waals surface area contributed by atoms with Crippen LogP contribution in [-0.4, -0.2) is 19.3 Å². The molecule has 2 aromatic heterocycles. The molecule has 1 aromatic carbocycles. The largest absolute Gasteiger partial charge is 0.363 e. The predicted octanol–water partition coefficient (Wildman–Crippen LogP) is 4.06. The van der Waals surface area contributed by atoms with E-state index in [4.69, 9.17) is 0 Å². The minimum atomic E-state index is -3.23. The second-order valence-electron chi connectivity index (χ2n) is 7.37. The van der Waals surface area contributed by atoms with Crippen LogP contribution in [0.15, 0.2) is 47.5 Å². The monoisotopic (exact) mass is 397 g/mol. The summed E-state index contributed by atoms with van der Waals surface area (Å²) >= 11 is 0. The lowest BCUT2D eigenvalue weighted by atomic mass is 10.1. The van der Waals surface area contributed by atoms with Crippen molar-refractivity contribution in [3.63, 3.8) is 0 Å². The first-order valence-electron chi connectivity index (χ1n) is 9.39. The van der Waals surface area contributed by atoms with Crippen LogP contribution < -0.4 is 5.32 Å². The number of pyridine rings is 1. The fourth-order valence-corrected chi connectivity index (χ4v) is 5.32. The summed E-state index contributed by atoms with van der Waals surface area (Å²) in [6.45, 7) is 3.78. The van der Waals surface area contributed by atoms with Crippen LogP contribution >= 0.6 is 0 Å². The molecular weight excluding hydrogens is 372 g/mol. The molecule has 0 amide bonds. The van der Waals surface area contributed by atoms with E-state index in [1.807, 2.05) is 20.9 Å². The third-order valence-electron chi connectivity index (χ3n) is 5.56. The lowest BCUT2D eigenvalue weighted by Gasteiger charge is -2.14. The lowest BCUT2D eigenvalue weighted by molar-refractivity contribution is 0.495. The van der Waals surface area contributed by atoms with E-state index in [1.165, 1.54) is 17.3 Å². The average Bonchev–Trinajstić information content (AvgIpc) is 3.18. The van der Waals surface area contributed by atoms with Gasteiger partial charge in [-0.05, 0) is 43.9 Å². The number of aromatic nitrogens is 3. The molecule has 2 atom stereocenters. The topological polar surface area (TPSA) is 80.0 Å². The maximum absolute atomic E-state index is 12.9. The molecule has 0 aliphatic heterocycles. The van der Waals surface area contributed by atoms with Crippen LogP contribution in [0, 0.1) is 13.8 Å². The van der Waals surface area contributed by atoms with Crippen molar-refractivity contribution in [2.75, 3.05) is 5.32 Å². The maximum atomic E-state index is 12.9. The van der Waals surface area contributed by atoms with Gasteiger partial charge in [0.25, 0.3) is 10.2 Å². The van der Waals surface area contributed by atoms with Crippen LogP contribution in [0.3, 0.4) is 0 Å². The SMILES string of the molecule is Cc1nn(C)c(C)c1C[S+](=O)(O)c1ccc(NC2CCc3ccccc32)nc1. The Morgan fingerprint density at radius 3 is 2.71 bits per heavy atom. The number of fused-ring (bicyclic) bond motifs is 1. The third kappa shape index (κ3) is 3.47. The molecule has 0 bridgehead atoms. The standard InChI is InChI=1S/C21H24N4O2S/c1-14-19(15(2)25(3)24-14)13-28(26,27)17-9-11-21(22-12-17)23-20-10-8-16-6-4-5-7-18(16)20/h4-7,9,11-12,20H,8,10,13H2,1-3H3,(H-,22,23,26,27)/p+1. The van der Waals surface area contributed by atoms with Gasteiger partial charge in [0.2, 0.25) is 4.90 Å². The summed E-state index contributed by atoms with van der Waals surface area (Å²) in [6, 6.07) is 12.1. The van der Waals surface area contributed by atoms with Gasteiger partial charge in [-0.25, -0.2) is 4.98 Å². The van der Waals surface area contributed by atoms with E-state index in [-0.39, 0.29) is 11.8 Å². The molecule has 2 heterocycles. The first-order valence-corrected chi connectivity index (χ1v) is 11.1. The normalized spacial score (nSPS) is 17.9. The Hall–Kier alpha value is -2.51. The summed E-state index contributed by atoms with van der Waals surface area (Å²) in [5, 5.41) is 7.78. The van der Waals surface area contributed by atoms with Gasteiger partial charge in [0, 0.05) is 24.4 Å². The van der Waals surface area contributed by atoms with E-state index in [9.17, 15) is 8.76 Å². The van der Waals surface area contributed by atoms with Crippen molar-refractivity contribution in [3.8, 4) is 0 Å². The molecule has 0 saturated carbocycles. The van der Waals surface area contributed by atoms with Crippen molar-refractivity contribution in [1.29, 1.82) is 0 Å². The lowest BCUT2D eigenvalue weighted by Crippen LogP contribution is -2.15. The highest BCUT2D eigenvalue weighted by Gasteiger charge is 2.33. The molecular formula is C21H25N4O2S+. The van der Waals surface area contributed by atoms with E-state index in [1.54, 1.807) is 16.8 Å². The zero-order valence-electron chi connectivity index (χ0n) is 16.3. The zero-order valence-corrected chi connectivity index (χ0v) is 17.2. The number of nitrogens with one attached hydrogen (secondary N) is 1. The predicted molar refractivity (Wildman–Crippen MR) is 111 cm³/mol. The molecule has 0 spiro atoms. The zero-order chi connectivity index (χ0) is 19.9. The maximum Gasteiger partial charge on any atom is 0.254 e. The molecule has 6 nitrogen and oxygen atoms in total. The smallest absolute Gasteiger partial charge is 0.254 e. The van der Waals surface area contributed by atoms with Crippen LogP contribution in [0.25, 0.3) is 0 Å².